The van der Waals surface area contributed by atoms with Gasteiger partial charge in [-0.15, -0.1) is 6.42 Å². The molecular formula is C11H15N3O4. The van der Waals surface area contributed by atoms with E-state index in [1.807, 2.05) is 0 Å². The van der Waals surface area contributed by atoms with E-state index in [9.17, 15) is 14.4 Å². The lowest BCUT2D eigenvalue weighted by Gasteiger charge is -2.33. The van der Waals surface area contributed by atoms with Gasteiger partial charge in [0.15, 0.2) is 0 Å². The zero-order valence-electron chi connectivity index (χ0n) is 9.97. The smallest absolute Gasteiger partial charge is 0.328 e. The molecule has 2 unspecified atom stereocenters. The van der Waals surface area contributed by atoms with Crippen LogP contribution in [0.3, 0.4) is 0 Å². The molecule has 0 saturated carbocycles. The minimum absolute atomic E-state index is 0.103. The monoisotopic (exact) mass is 253 g/mol. The van der Waals surface area contributed by atoms with Crippen molar-refractivity contribution in [1.82, 2.24) is 15.5 Å². The van der Waals surface area contributed by atoms with Crippen LogP contribution in [-0.4, -0.2) is 53.1 Å². The minimum atomic E-state index is -1.17. The number of terminal acetylenes is 1. The number of piperazine rings is 1. The standard InChI is InChI=1S/C11H15N3O4/c1-3-7(4-2)13-11(18)14-6-9(15)12-5-8(14)10(16)17/h1,7-8H,4-6H2,2H3,(H,12,15)(H,13,18)(H,16,17). The van der Waals surface area contributed by atoms with Gasteiger partial charge in [0.05, 0.1) is 6.04 Å². The third kappa shape index (κ3) is 3.13. The first-order chi connectivity index (χ1) is 8.49. The highest BCUT2D eigenvalue weighted by Gasteiger charge is 2.35. The normalized spacial score (nSPS) is 20.6. The molecule has 1 aliphatic heterocycles. The number of carbonyl (C=O) groups is 3. The molecule has 3 N–H and O–H groups in total. The van der Waals surface area contributed by atoms with Crippen molar-refractivity contribution in [3.8, 4) is 12.3 Å². The number of rotatable bonds is 3. The second-order valence-corrected chi connectivity index (χ2v) is 3.86. The van der Waals surface area contributed by atoms with E-state index < -0.39 is 30.0 Å². The Morgan fingerprint density at radius 1 is 1.72 bits per heavy atom. The summed E-state index contributed by atoms with van der Waals surface area (Å²) in [6.07, 6.45) is 5.73. The first-order valence-corrected chi connectivity index (χ1v) is 5.52. The molecule has 0 aromatic carbocycles. The highest BCUT2D eigenvalue weighted by Crippen LogP contribution is 2.05. The molecule has 7 nitrogen and oxygen atoms in total. The molecule has 0 spiro atoms. The molecule has 1 fully saturated rings. The molecule has 18 heavy (non-hydrogen) atoms. The van der Waals surface area contributed by atoms with Crippen molar-refractivity contribution in [2.75, 3.05) is 13.1 Å². The van der Waals surface area contributed by atoms with Gasteiger partial charge in [0, 0.05) is 6.54 Å². The number of carbonyl (C=O) groups excluding carboxylic acids is 2. The number of carboxylic acid groups (broad SMARTS) is 1. The molecule has 0 aromatic rings. The fraction of sp³-hybridized carbons (Fsp3) is 0.545. The lowest BCUT2D eigenvalue weighted by Crippen LogP contribution is -2.62. The van der Waals surface area contributed by atoms with Crippen molar-refractivity contribution >= 4 is 17.9 Å². The number of urea groups is 1. The molecule has 3 amide bonds. The Hall–Kier alpha value is -2.23. The predicted molar refractivity (Wildman–Crippen MR) is 62.6 cm³/mol. The Morgan fingerprint density at radius 2 is 2.39 bits per heavy atom. The zero-order valence-corrected chi connectivity index (χ0v) is 9.97. The van der Waals surface area contributed by atoms with Gasteiger partial charge < -0.3 is 15.7 Å². The lowest BCUT2D eigenvalue weighted by atomic mass is 10.2. The van der Waals surface area contributed by atoms with E-state index in [2.05, 4.69) is 16.6 Å². The van der Waals surface area contributed by atoms with E-state index in [-0.39, 0.29) is 13.1 Å². The average molecular weight is 253 g/mol. The van der Waals surface area contributed by atoms with Crippen LogP contribution >= 0.6 is 0 Å². The van der Waals surface area contributed by atoms with Crippen LogP contribution in [-0.2, 0) is 9.59 Å². The SMILES string of the molecule is C#CC(CC)NC(=O)N1CC(=O)NCC1C(=O)O. The van der Waals surface area contributed by atoms with Crippen LogP contribution in [0.1, 0.15) is 13.3 Å². The third-order valence-electron chi connectivity index (χ3n) is 2.64. The fourth-order valence-electron chi connectivity index (χ4n) is 1.57. The van der Waals surface area contributed by atoms with Crippen LogP contribution in [0.2, 0.25) is 0 Å². The van der Waals surface area contributed by atoms with Crippen molar-refractivity contribution in [1.29, 1.82) is 0 Å². The molecule has 1 aliphatic rings. The quantitative estimate of drug-likeness (QED) is 0.561. The average Bonchev–Trinajstić information content (AvgIpc) is 2.35. The molecule has 7 heteroatoms. The van der Waals surface area contributed by atoms with Crippen molar-refractivity contribution in [3.63, 3.8) is 0 Å². The predicted octanol–water partition coefficient (Wildman–Crippen LogP) is -1.01. The van der Waals surface area contributed by atoms with Crippen molar-refractivity contribution in [2.24, 2.45) is 0 Å². The maximum atomic E-state index is 11.9. The van der Waals surface area contributed by atoms with Crippen molar-refractivity contribution in [2.45, 2.75) is 25.4 Å². The van der Waals surface area contributed by atoms with Crippen LogP contribution in [0.15, 0.2) is 0 Å². The van der Waals surface area contributed by atoms with Gasteiger partial charge in [-0.3, -0.25) is 9.69 Å². The number of hydrogen-bond acceptors (Lipinski definition) is 3. The van der Waals surface area contributed by atoms with E-state index in [1.165, 1.54) is 0 Å². The van der Waals surface area contributed by atoms with Gasteiger partial charge in [-0.2, -0.15) is 0 Å². The van der Waals surface area contributed by atoms with Gasteiger partial charge >= 0.3 is 12.0 Å². The molecule has 0 bridgehead atoms. The van der Waals surface area contributed by atoms with Gasteiger partial charge in [0.25, 0.3) is 0 Å². The van der Waals surface area contributed by atoms with E-state index in [4.69, 9.17) is 11.5 Å². The Balaban J connectivity index is 2.76. The number of carboxylic acids is 1. The zero-order chi connectivity index (χ0) is 13.7. The van der Waals surface area contributed by atoms with Crippen LogP contribution < -0.4 is 10.6 Å². The molecule has 0 aromatic heterocycles. The molecule has 1 rings (SSSR count). The first kappa shape index (κ1) is 13.8. The highest BCUT2D eigenvalue weighted by atomic mass is 16.4. The Morgan fingerprint density at radius 3 is 2.89 bits per heavy atom. The maximum absolute atomic E-state index is 11.9. The summed E-state index contributed by atoms with van der Waals surface area (Å²) in [6, 6.07) is -2.18. The molecule has 1 heterocycles. The minimum Gasteiger partial charge on any atom is -0.480 e. The van der Waals surface area contributed by atoms with Crippen LogP contribution in [0.4, 0.5) is 4.79 Å². The molecule has 2 atom stereocenters. The molecule has 0 aliphatic carbocycles. The Labute approximate surface area is 105 Å². The van der Waals surface area contributed by atoms with Crippen LogP contribution in [0, 0.1) is 12.3 Å². The first-order valence-electron chi connectivity index (χ1n) is 5.52. The third-order valence-corrected chi connectivity index (χ3v) is 2.64. The van der Waals surface area contributed by atoms with Gasteiger partial charge in [-0.05, 0) is 6.42 Å². The molecule has 98 valence electrons. The largest absolute Gasteiger partial charge is 0.480 e. The molecule has 1 saturated heterocycles. The lowest BCUT2D eigenvalue weighted by molar-refractivity contribution is -0.144. The number of nitrogens with one attached hydrogen (secondary N) is 2. The summed E-state index contributed by atoms with van der Waals surface area (Å²) in [4.78, 5) is 35.0. The molecular weight excluding hydrogens is 238 g/mol. The number of amides is 3. The Bertz CT molecular complexity index is 402. The summed E-state index contributed by atoms with van der Waals surface area (Å²) < 4.78 is 0. The summed E-state index contributed by atoms with van der Waals surface area (Å²) in [5.41, 5.74) is 0. The number of nitrogens with zero attached hydrogens (tertiary/aromatic N) is 1. The summed E-state index contributed by atoms with van der Waals surface area (Å²) in [5.74, 6) is 0.811. The van der Waals surface area contributed by atoms with Gasteiger partial charge in [0.2, 0.25) is 5.91 Å². The summed E-state index contributed by atoms with van der Waals surface area (Å²) in [7, 11) is 0. The number of aliphatic carboxylic acids is 1. The van der Waals surface area contributed by atoms with E-state index in [0.717, 1.165) is 4.90 Å². The second kappa shape index (κ2) is 5.91. The van der Waals surface area contributed by atoms with Crippen LogP contribution in [0.5, 0.6) is 0 Å². The van der Waals surface area contributed by atoms with Crippen molar-refractivity contribution in [3.05, 3.63) is 0 Å². The second-order valence-electron chi connectivity index (χ2n) is 3.86. The van der Waals surface area contributed by atoms with Gasteiger partial charge in [0.1, 0.15) is 12.6 Å². The highest BCUT2D eigenvalue weighted by molar-refractivity contribution is 5.90. The summed E-state index contributed by atoms with van der Waals surface area (Å²) in [5, 5.41) is 13.9. The maximum Gasteiger partial charge on any atom is 0.328 e. The van der Waals surface area contributed by atoms with Gasteiger partial charge in [-0.25, -0.2) is 9.59 Å². The summed E-state index contributed by atoms with van der Waals surface area (Å²) >= 11 is 0. The topological polar surface area (TPSA) is 98.7 Å². The van der Waals surface area contributed by atoms with Crippen LogP contribution in [0.25, 0.3) is 0 Å². The van der Waals surface area contributed by atoms with E-state index >= 15 is 0 Å². The van der Waals surface area contributed by atoms with E-state index in [0.29, 0.717) is 6.42 Å². The van der Waals surface area contributed by atoms with E-state index in [1.54, 1.807) is 6.92 Å². The summed E-state index contributed by atoms with van der Waals surface area (Å²) in [6.45, 7) is 1.40. The fourth-order valence-corrected chi connectivity index (χ4v) is 1.57. The van der Waals surface area contributed by atoms with Gasteiger partial charge in [-0.1, -0.05) is 12.8 Å². The Kier molecular flexibility index (Phi) is 4.54. The number of hydrogen-bond donors (Lipinski definition) is 3. The van der Waals surface area contributed by atoms with Crippen molar-refractivity contribution < 1.29 is 19.5 Å². The molecule has 0 radical (unpaired) electrons.